The van der Waals surface area contributed by atoms with E-state index in [9.17, 15) is 13.9 Å². The summed E-state index contributed by atoms with van der Waals surface area (Å²) in [6, 6.07) is 3.61. The van der Waals surface area contributed by atoms with Gasteiger partial charge in [0.1, 0.15) is 11.6 Å². The molecule has 1 fully saturated rings. The zero-order chi connectivity index (χ0) is 14.0. The molecule has 0 amide bonds. The average Bonchev–Trinajstić information content (AvgIpc) is 2.26. The second kappa shape index (κ2) is 5.94. The van der Waals surface area contributed by atoms with Gasteiger partial charge >= 0.3 is 0 Å². The standard InChI is InChI=1S/C14H19F2NO2/c1-9-6-17(7-10(2)19-9)8-13(18)14-11(15)4-3-5-12(14)16/h3-5,9-10,13,18H,6-8H2,1-2H3. The van der Waals surface area contributed by atoms with Crippen molar-refractivity contribution in [2.75, 3.05) is 19.6 Å². The van der Waals surface area contributed by atoms with Gasteiger partial charge in [-0.05, 0) is 26.0 Å². The van der Waals surface area contributed by atoms with Gasteiger partial charge in [0.05, 0.1) is 23.9 Å². The third-order valence-electron chi connectivity index (χ3n) is 3.26. The summed E-state index contributed by atoms with van der Waals surface area (Å²) in [6.45, 7) is 5.39. The van der Waals surface area contributed by atoms with Crippen LogP contribution in [0, 0.1) is 11.6 Å². The summed E-state index contributed by atoms with van der Waals surface area (Å²) in [6.07, 6.45) is -1.05. The van der Waals surface area contributed by atoms with Crippen molar-refractivity contribution in [3.05, 3.63) is 35.4 Å². The second-order valence-corrected chi connectivity index (χ2v) is 5.13. The molecule has 106 valence electrons. The Kier molecular flexibility index (Phi) is 4.50. The summed E-state index contributed by atoms with van der Waals surface area (Å²) in [5, 5.41) is 10.0. The van der Waals surface area contributed by atoms with Crippen LogP contribution in [0.25, 0.3) is 0 Å². The van der Waals surface area contributed by atoms with Crippen LogP contribution in [-0.2, 0) is 4.74 Å². The summed E-state index contributed by atoms with van der Waals surface area (Å²) in [7, 11) is 0. The van der Waals surface area contributed by atoms with E-state index in [2.05, 4.69) is 0 Å². The Labute approximate surface area is 111 Å². The van der Waals surface area contributed by atoms with Crippen molar-refractivity contribution in [1.82, 2.24) is 4.90 Å². The molecule has 1 aromatic rings. The molecule has 0 saturated carbocycles. The van der Waals surface area contributed by atoms with Gasteiger partial charge in [0, 0.05) is 19.6 Å². The maximum Gasteiger partial charge on any atom is 0.131 e. The number of rotatable bonds is 3. The van der Waals surface area contributed by atoms with Gasteiger partial charge in [0.15, 0.2) is 0 Å². The minimum absolute atomic E-state index is 0.0569. The first-order chi connectivity index (χ1) is 8.97. The molecule has 3 atom stereocenters. The van der Waals surface area contributed by atoms with Crippen molar-refractivity contribution in [3.8, 4) is 0 Å². The molecule has 2 rings (SSSR count). The van der Waals surface area contributed by atoms with E-state index in [1.165, 1.54) is 6.07 Å². The maximum absolute atomic E-state index is 13.6. The Bertz CT molecular complexity index is 411. The molecule has 0 radical (unpaired) electrons. The molecule has 1 heterocycles. The number of halogens is 2. The molecule has 1 aliphatic rings. The predicted octanol–water partition coefficient (Wildman–Crippen LogP) is 2.11. The Balaban J connectivity index is 2.06. The van der Waals surface area contributed by atoms with E-state index in [0.717, 1.165) is 12.1 Å². The van der Waals surface area contributed by atoms with Crippen LogP contribution in [0.15, 0.2) is 18.2 Å². The van der Waals surface area contributed by atoms with Crippen LogP contribution < -0.4 is 0 Å². The van der Waals surface area contributed by atoms with Gasteiger partial charge in [-0.15, -0.1) is 0 Å². The Hall–Kier alpha value is -1.04. The van der Waals surface area contributed by atoms with E-state index >= 15 is 0 Å². The number of benzene rings is 1. The predicted molar refractivity (Wildman–Crippen MR) is 67.8 cm³/mol. The highest BCUT2D eigenvalue weighted by Crippen LogP contribution is 2.23. The summed E-state index contributed by atoms with van der Waals surface area (Å²) in [5.74, 6) is -1.41. The highest BCUT2D eigenvalue weighted by atomic mass is 19.1. The van der Waals surface area contributed by atoms with Gasteiger partial charge < -0.3 is 9.84 Å². The molecule has 1 N–H and O–H groups in total. The Morgan fingerprint density at radius 1 is 1.26 bits per heavy atom. The highest BCUT2D eigenvalue weighted by molar-refractivity contribution is 5.22. The normalized spacial score (nSPS) is 26.4. The van der Waals surface area contributed by atoms with Gasteiger partial charge in [-0.25, -0.2) is 8.78 Å². The van der Waals surface area contributed by atoms with Crippen molar-refractivity contribution in [1.29, 1.82) is 0 Å². The van der Waals surface area contributed by atoms with Gasteiger partial charge in [-0.1, -0.05) is 6.07 Å². The number of hydrogen-bond acceptors (Lipinski definition) is 3. The zero-order valence-corrected chi connectivity index (χ0v) is 11.1. The first-order valence-electron chi connectivity index (χ1n) is 6.47. The van der Waals surface area contributed by atoms with E-state index in [1.54, 1.807) is 0 Å². The van der Waals surface area contributed by atoms with Crippen LogP contribution in [0.3, 0.4) is 0 Å². The van der Waals surface area contributed by atoms with Crippen LogP contribution in [-0.4, -0.2) is 41.8 Å². The number of aliphatic hydroxyl groups excluding tert-OH is 1. The molecule has 5 heteroatoms. The van der Waals surface area contributed by atoms with Crippen LogP contribution in [0.1, 0.15) is 25.5 Å². The smallest absolute Gasteiger partial charge is 0.131 e. The van der Waals surface area contributed by atoms with Crippen molar-refractivity contribution in [2.45, 2.75) is 32.2 Å². The first-order valence-corrected chi connectivity index (χ1v) is 6.47. The number of aliphatic hydroxyl groups is 1. The summed E-state index contributed by atoms with van der Waals surface area (Å²) in [4.78, 5) is 1.97. The minimum atomic E-state index is -1.17. The SMILES string of the molecule is CC1CN(CC(O)c2c(F)cccc2F)CC(C)O1. The lowest BCUT2D eigenvalue weighted by molar-refractivity contribution is -0.0770. The van der Waals surface area contributed by atoms with Gasteiger partial charge in [0.25, 0.3) is 0 Å². The molecular weight excluding hydrogens is 252 g/mol. The second-order valence-electron chi connectivity index (χ2n) is 5.13. The van der Waals surface area contributed by atoms with Crippen LogP contribution in [0.4, 0.5) is 8.78 Å². The van der Waals surface area contributed by atoms with Crippen molar-refractivity contribution in [2.24, 2.45) is 0 Å². The molecule has 3 unspecified atom stereocenters. The number of β-amino-alcohol motifs (C(OH)–C–C–N with tert-alkyl or cyclic N) is 1. The lowest BCUT2D eigenvalue weighted by Crippen LogP contribution is -2.46. The molecular formula is C14H19F2NO2. The van der Waals surface area contributed by atoms with E-state index in [0.29, 0.717) is 13.1 Å². The Morgan fingerprint density at radius 2 is 1.79 bits per heavy atom. The number of ether oxygens (including phenoxy) is 1. The molecule has 0 aliphatic carbocycles. The fraction of sp³-hybridized carbons (Fsp3) is 0.571. The lowest BCUT2D eigenvalue weighted by atomic mass is 10.1. The average molecular weight is 271 g/mol. The van der Waals surface area contributed by atoms with E-state index in [4.69, 9.17) is 4.74 Å². The van der Waals surface area contributed by atoms with Crippen molar-refractivity contribution >= 4 is 0 Å². The monoisotopic (exact) mass is 271 g/mol. The molecule has 1 aliphatic heterocycles. The van der Waals surface area contributed by atoms with Crippen molar-refractivity contribution < 1.29 is 18.6 Å². The summed E-state index contributed by atoms with van der Waals surface area (Å²) in [5.41, 5.74) is -0.255. The topological polar surface area (TPSA) is 32.7 Å². The molecule has 0 bridgehead atoms. The molecule has 0 aromatic heterocycles. The van der Waals surface area contributed by atoms with Gasteiger partial charge in [-0.3, -0.25) is 4.90 Å². The van der Waals surface area contributed by atoms with Crippen LogP contribution in [0.2, 0.25) is 0 Å². The largest absolute Gasteiger partial charge is 0.387 e. The third kappa shape index (κ3) is 3.49. The first kappa shape index (κ1) is 14.4. The van der Waals surface area contributed by atoms with Crippen LogP contribution >= 0.6 is 0 Å². The molecule has 19 heavy (non-hydrogen) atoms. The number of hydrogen-bond donors (Lipinski definition) is 1. The molecule has 3 nitrogen and oxygen atoms in total. The zero-order valence-electron chi connectivity index (χ0n) is 11.1. The fourth-order valence-electron chi connectivity index (χ4n) is 2.60. The van der Waals surface area contributed by atoms with Gasteiger partial charge in [0.2, 0.25) is 0 Å². The van der Waals surface area contributed by atoms with Crippen molar-refractivity contribution in [3.63, 3.8) is 0 Å². The van der Waals surface area contributed by atoms with Crippen LogP contribution in [0.5, 0.6) is 0 Å². The number of nitrogens with zero attached hydrogens (tertiary/aromatic N) is 1. The highest BCUT2D eigenvalue weighted by Gasteiger charge is 2.26. The summed E-state index contributed by atoms with van der Waals surface area (Å²) >= 11 is 0. The third-order valence-corrected chi connectivity index (χ3v) is 3.26. The number of morpholine rings is 1. The van der Waals surface area contributed by atoms with Gasteiger partial charge in [-0.2, -0.15) is 0 Å². The maximum atomic E-state index is 13.6. The Morgan fingerprint density at radius 3 is 2.32 bits per heavy atom. The summed E-state index contributed by atoms with van der Waals surface area (Å²) < 4.78 is 32.7. The molecule has 1 saturated heterocycles. The van der Waals surface area contributed by atoms with E-state index < -0.39 is 17.7 Å². The molecule has 0 spiro atoms. The molecule has 1 aromatic carbocycles. The minimum Gasteiger partial charge on any atom is -0.387 e. The van der Waals surface area contributed by atoms with E-state index in [-0.39, 0.29) is 24.3 Å². The quantitative estimate of drug-likeness (QED) is 0.914. The fourth-order valence-corrected chi connectivity index (χ4v) is 2.60. The van der Waals surface area contributed by atoms with E-state index in [1.807, 2.05) is 18.7 Å². The lowest BCUT2D eigenvalue weighted by Gasteiger charge is -2.36.